The Kier molecular flexibility index (Phi) is 32.0. The van der Waals surface area contributed by atoms with E-state index >= 15 is 0 Å². The van der Waals surface area contributed by atoms with Crippen LogP contribution in [0.3, 0.4) is 0 Å². The van der Waals surface area contributed by atoms with Crippen molar-refractivity contribution in [2.45, 2.75) is 75.3 Å². The van der Waals surface area contributed by atoms with E-state index in [1.165, 1.54) is 13.3 Å². The molecular formula is C28H49BrClN3O. The Morgan fingerprint density at radius 1 is 1.24 bits per heavy atom. The molecule has 0 saturated carbocycles. The van der Waals surface area contributed by atoms with E-state index in [0.29, 0.717) is 23.8 Å². The maximum absolute atomic E-state index is 11.4. The molecule has 1 aromatic rings. The van der Waals surface area contributed by atoms with Crippen molar-refractivity contribution in [1.29, 1.82) is 0 Å². The second kappa shape index (κ2) is 27.6. The highest BCUT2D eigenvalue weighted by Crippen LogP contribution is 2.18. The number of ketones is 1. The van der Waals surface area contributed by atoms with Gasteiger partial charge in [0, 0.05) is 29.4 Å². The van der Waals surface area contributed by atoms with Crippen molar-refractivity contribution in [2.24, 2.45) is 10.7 Å². The minimum Gasteiger partial charge on any atom is -0.396 e. The summed E-state index contributed by atoms with van der Waals surface area (Å²) in [6, 6.07) is 7.61. The van der Waals surface area contributed by atoms with Crippen molar-refractivity contribution in [3.63, 3.8) is 0 Å². The minimum atomic E-state index is -0.104. The van der Waals surface area contributed by atoms with Gasteiger partial charge in [0.15, 0.2) is 5.78 Å². The number of nitrogens with two attached hydrogens (primary N) is 1. The maximum Gasteiger partial charge on any atom is 0.175 e. The Hall–Kier alpha value is -1.69. The average molecular weight is 559 g/mol. The van der Waals surface area contributed by atoms with Crippen LogP contribution in [0.2, 0.25) is 5.02 Å². The highest BCUT2D eigenvalue weighted by Gasteiger charge is 2.18. The first-order valence-corrected chi connectivity index (χ1v) is 13.2. The number of halogens is 2. The van der Waals surface area contributed by atoms with E-state index in [1.807, 2.05) is 52.0 Å². The quantitative estimate of drug-likeness (QED) is 0.217. The third-order valence-corrected chi connectivity index (χ3v) is 4.84. The second-order valence-corrected chi connectivity index (χ2v) is 7.40. The largest absolute Gasteiger partial charge is 0.396 e. The molecule has 0 aromatic heterocycles. The van der Waals surface area contributed by atoms with Crippen LogP contribution in [0.15, 0.2) is 65.3 Å². The minimum absolute atomic E-state index is 0. The van der Waals surface area contributed by atoms with Gasteiger partial charge in [-0.2, -0.15) is 0 Å². The van der Waals surface area contributed by atoms with Crippen LogP contribution in [0, 0.1) is 0 Å². The third kappa shape index (κ3) is 18.7. The summed E-state index contributed by atoms with van der Waals surface area (Å²) in [5.74, 6) is -0.104. The van der Waals surface area contributed by atoms with Gasteiger partial charge in [0.25, 0.3) is 0 Å². The number of Topliss-reactive ketones (excluding diaryl/α,β-unsaturated/α-hetero) is 1. The zero-order valence-electron chi connectivity index (χ0n) is 21.7. The fourth-order valence-corrected chi connectivity index (χ4v) is 2.61. The van der Waals surface area contributed by atoms with E-state index in [9.17, 15) is 4.79 Å². The number of carbonyl (C=O) groups excluding carboxylic acids is 1. The summed E-state index contributed by atoms with van der Waals surface area (Å²) in [6.07, 6.45) is 3.71. The highest BCUT2D eigenvalue weighted by molar-refractivity contribution is 9.09. The summed E-state index contributed by atoms with van der Waals surface area (Å²) in [5.41, 5.74) is 9.90. The lowest BCUT2D eigenvalue weighted by atomic mass is 9.99. The number of allylic oxidation sites excluding steroid dienone is 3. The first kappa shape index (κ1) is 39.5. The summed E-state index contributed by atoms with van der Waals surface area (Å²) in [5, 5.41) is 4.77. The van der Waals surface area contributed by atoms with Gasteiger partial charge >= 0.3 is 0 Å². The molecule has 0 unspecified atom stereocenters. The molecule has 0 aliphatic carbocycles. The van der Waals surface area contributed by atoms with E-state index in [0.717, 1.165) is 40.7 Å². The molecule has 1 fully saturated rings. The number of rotatable bonds is 5. The number of alkyl halides is 1. The average Bonchev–Trinajstić information content (AvgIpc) is 2.86. The zero-order valence-corrected chi connectivity index (χ0v) is 24.1. The van der Waals surface area contributed by atoms with Crippen LogP contribution in [0.5, 0.6) is 0 Å². The standard InChI is InChI=1S/C15H18ClN3O.C5H7Br.C3H8.2C2H6.CH4/c1-10(20)15(17)12-6-7-18-9-14(12)19-8-11-4-2-3-5-13(11)16;1-3-5(2)4-6;1-3-2;2*1-2;/h2-5,18H,6-9,17H2,1H3;3H,1-2,4H2;3H2,1-2H3;2*1-2H3;1H4/b15-12-,19-14?;;;;;. The molecule has 1 saturated heterocycles. The Balaban J connectivity index is -0.000000271. The molecule has 6 heteroatoms. The lowest BCUT2D eigenvalue weighted by Crippen LogP contribution is -2.34. The van der Waals surface area contributed by atoms with Crippen molar-refractivity contribution in [3.8, 4) is 0 Å². The Labute approximate surface area is 224 Å². The number of hydrogen-bond acceptors (Lipinski definition) is 4. The topological polar surface area (TPSA) is 67.5 Å². The van der Waals surface area contributed by atoms with Crippen LogP contribution < -0.4 is 11.1 Å². The summed E-state index contributed by atoms with van der Waals surface area (Å²) >= 11 is 9.32. The molecule has 0 radical (unpaired) electrons. The molecule has 34 heavy (non-hydrogen) atoms. The van der Waals surface area contributed by atoms with Gasteiger partial charge in [0.2, 0.25) is 0 Å². The van der Waals surface area contributed by atoms with Crippen molar-refractivity contribution in [3.05, 3.63) is 70.9 Å². The number of carbonyl (C=O) groups is 1. The smallest absolute Gasteiger partial charge is 0.175 e. The fraction of sp³-hybridized carbons (Fsp3) is 0.500. The number of nitrogens with one attached hydrogen (secondary N) is 1. The van der Waals surface area contributed by atoms with Crippen molar-refractivity contribution < 1.29 is 4.79 Å². The van der Waals surface area contributed by atoms with Gasteiger partial charge in [-0.05, 0) is 30.2 Å². The van der Waals surface area contributed by atoms with E-state index < -0.39 is 0 Å². The van der Waals surface area contributed by atoms with Crippen molar-refractivity contribution in [2.75, 3.05) is 18.4 Å². The van der Waals surface area contributed by atoms with E-state index in [2.05, 4.69) is 53.2 Å². The first-order valence-electron chi connectivity index (χ1n) is 11.7. The molecule has 3 N–H and O–H groups in total. The maximum atomic E-state index is 11.4. The second-order valence-electron chi connectivity index (χ2n) is 6.43. The van der Waals surface area contributed by atoms with E-state index in [1.54, 1.807) is 6.08 Å². The summed E-state index contributed by atoms with van der Waals surface area (Å²) in [4.78, 5) is 16.0. The van der Waals surface area contributed by atoms with Gasteiger partial charge in [0.05, 0.1) is 18.0 Å². The molecule has 196 valence electrons. The lowest BCUT2D eigenvalue weighted by Gasteiger charge is -2.20. The molecule has 1 heterocycles. The van der Waals surface area contributed by atoms with Crippen LogP contribution in [0.4, 0.5) is 0 Å². The molecule has 1 aliphatic rings. The van der Waals surface area contributed by atoms with Gasteiger partial charge < -0.3 is 11.1 Å². The number of hydrogen-bond donors (Lipinski definition) is 2. The third-order valence-electron chi connectivity index (χ3n) is 3.76. The number of nitrogens with zero attached hydrogens (tertiary/aromatic N) is 1. The highest BCUT2D eigenvalue weighted by atomic mass is 79.9. The van der Waals surface area contributed by atoms with Gasteiger partial charge in [-0.3, -0.25) is 9.79 Å². The van der Waals surface area contributed by atoms with Crippen molar-refractivity contribution in [1.82, 2.24) is 5.32 Å². The summed E-state index contributed by atoms with van der Waals surface area (Å²) in [7, 11) is 0. The molecule has 0 amide bonds. The van der Waals surface area contributed by atoms with Gasteiger partial charge in [-0.1, -0.05) is 120 Å². The molecular weight excluding hydrogens is 510 g/mol. The van der Waals surface area contributed by atoms with Gasteiger partial charge in [0.1, 0.15) is 0 Å². The SMILES string of the molecule is C.C=CC(=C)CBr.CC.CC.CC(=O)/C(N)=C1\CCNCC1=NCc1ccccc1Cl.CCC. The predicted molar refractivity (Wildman–Crippen MR) is 160 cm³/mol. The Bertz CT molecular complexity index is 743. The van der Waals surface area contributed by atoms with Crippen LogP contribution in [0.1, 0.15) is 74.3 Å². The van der Waals surface area contributed by atoms with Gasteiger partial charge in [-0.15, -0.1) is 0 Å². The molecule has 0 atom stereocenters. The number of aliphatic imine (C=N–C) groups is 1. The van der Waals surface area contributed by atoms with Crippen LogP contribution in [-0.2, 0) is 11.3 Å². The number of benzene rings is 1. The van der Waals surface area contributed by atoms with E-state index in [4.69, 9.17) is 17.3 Å². The summed E-state index contributed by atoms with van der Waals surface area (Å²) < 4.78 is 0. The van der Waals surface area contributed by atoms with Crippen LogP contribution in [-0.4, -0.2) is 29.9 Å². The zero-order chi connectivity index (χ0) is 26.2. The first-order chi connectivity index (χ1) is 15.8. The van der Waals surface area contributed by atoms with Crippen LogP contribution in [0.25, 0.3) is 0 Å². The fourth-order valence-electron chi connectivity index (χ4n) is 2.19. The normalized spacial score (nSPS) is 14.0. The molecule has 1 aliphatic heterocycles. The monoisotopic (exact) mass is 557 g/mol. The predicted octanol–water partition coefficient (Wildman–Crippen LogP) is 8.30. The molecule has 4 nitrogen and oxygen atoms in total. The van der Waals surface area contributed by atoms with Crippen molar-refractivity contribution >= 4 is 39.0 Å². The molecule has 0 spiro atoms. The molecule has 1 aromatic carbocycles. The molecule has 2 rings (SSSR count). The van der Waals surface area contributed by atoms with E-state index in [-0.39, 0.29) is 13.2 Å². The summed E-state index contributed by atoms with van der Waals surface area (Å²) in [6.45, 7) is 22.8. The Morgan fingerprint density at radius 2 is 1.76 bits per heavy atom. The number of piperidine rings is 1. The van der Waals surface area contributed by atoms with Gasteiger partial charge in [-0.25, -0.2) is 0 Å². The Morgan fingerprint density at radius 3 is 2.18 bits per heavy atom. The lowest BCUT2D eigenvalue weighted by molar-refractivity contribution is -0.113. The van der Waals surface area contributed by atoms with Crippen LogP contribution >= 0.6 is 27.5 Å². The molecule has 0 bridgehead atoms.